The summed E-state index contributed by atoms with van der Waals surface area (Å²) >= 11 is 1.71. The van der Waals surface area contributed by atoms with Crippen molar-refractivity contribution in [3.63, 3.8) is 0 Å². The third-order valence-corrected chi connectivity index (χ3v) is 6.23. The van der Waals surface area contributed by atoms with Gasteiger partial charge < -0.3 is 5.32 Å². The summed E-state index contributed by atoms with van der Waals surface area (Å²) in [6.45, 7) is 4.37. The van der Waals surface area contributed by atoms with Gasteiger partial charge in [0.2, 0.25) is 0 Å². The molecule has 2 unspecified atom stereocenters. The van der Waals surface area contributed by atoms with Gasteiger partial charge in [0.1, 0.15) is 0 Å². The van der Waals surface area contributed by atoms with Crippen molar-refractivity contribution in [3.05, 3.63) is 0 Å². The Morgan fingerprint density at radius 3 is 2.94 bits per heavy atom. The summed E-state index contributed by atoms with van der Waals surface area (Å²) in [5.41, 5.74) is 0.127. The van der Waals surface area contributed by atoms with E-state index in [0.717, 1.165) is 23.8 Å². The number of amidine groups is 1. The Kier molecular flexibility index (Phi) is 3.73. The summed E-state index contributed by atoms with van der Waals surface area (Å²) < 4.78 is 22.7. The van der Waals surface area contributed by atoms with Crippen LogP contribution in [0.2, 0.25) is 0 Å². The molecule has 4 nitrogen and oxygen atoms in total. The van der Waals surface area contributed by atoms with Crippen molar-refractivity contribution in [2.45, 2.75) is 44.7 Å². The number of rotatable bonds is 2. The summed E-state index contributed by atoms with van der Waals surface area (Å²) in [4.78, 5) is 4.56. The molecule has 17 heavy (non-hydrogen) atoms. The Balaban J connectivity index is 2.03. The predicted octanol–water partition coefficient (Wildman–Crippen LogP) is 1.42. The molecule has 0 aromatic heterocycles. The fourth-order valence-electron chi connectivity index (χ4n) is 2.11. The topological polar surface area (TPSA) is 58.5 Å². The van der Waals surface area contributed by atoms with Crippen LogP contribution in [-0.2, 0) is 9.84 Å². The normalized spacial score (nSPS) is 39.2. The summed E-state index contributed by atoms with van der Waals surface area (Å²) in [5, 5.41) is 4.38. The molecule has 2 fully saturated rings. The number of hydrogen-bond acceptors (Lipinski definition) is 4. The van der Waals surface area contributed by atoms with Gasteiger partial charge >= 0.3 is 0 Å². The van der Waals surface area contributed by atoms with Crippen LogP contribution in [0.4, 0.5) is 0 Å². The van der Waals surface area contributed by atoms with Crippen molar-refractivity contribution >= 4 is 26.8 Å². The molecule has 0 bridgehead atoms. The van der Waals surface area contributed by atoms with E-state index in [4.69, 9.17) is 0 Å². The highest BCUT2D eigenvalue weighted by atomic mass is 32.2. The number of sulfone groups is 1. The van der Waals surface area contributed by atoms with E-state index < -0.39 is 9.84 Å². The fraction of sp³-hybridized carbons (Fsp3) is 0.909. The second-order valence-corrected chi connectivity index (χ2v) is 8.44. The first-order valence-electron chi connectivity index (χ1n) is 6.12. The molecule has 0 spiro atoms. The number of nitrogens with zero attached hydrogens (tertiary/aromatic N) is 1. The monoisotopic (exact) mass is 276 g/mol. The third-order valence-electron chi connectivity index (χ3n) is 3.59. The molecule has 0 aromatic carbocycles. The first-order chi connectivity index (χ1) is 7.92. The fourth-order valence-corrected chi connectivity index (χ4v) is 5.02. The molecule has 2 rings (SSSR count). The van der Waals surface area contributed by atoms with Crippen molar-refractivity contribution < 1.29 is 8.42 Å². The molecule has 2 saturated heterocycles. The number of nitrogens with one attached hydrogen (secondary N) is 1. The molecule has 0 saturated carbocycles. The molecule has 2 aliphatic heterocycles. The van der Waals surface area contributed by atoms with E-state index in [1.165, 1.54) is 0 Å². The molecule has 0 aromatic rings. The van der Waals surface area contributed by atoms with Crippen LogP contribution in [-0.4, -0.2) is 42.4 Å². The van der Waals surface area contributed by atoms with E-state index >= 15 is 0 Å². The summed E-state index contributed by atoms with van der Waals surface area (Å²) in [6, 6.07) is -0.0331. The minimum absolute atomic E-state index is 0.0331. The highest BCUT2D eigenvalue weighted by molar-refractivity contribution is 8.13. The van der Waals surface area contributed by atoms with Crippen LogP contribution >= 0.6 is 11.8 Å². The Hall–Kier alpha value is -0.230. The molecule has 0 amide bonds. The lowest BCUT2D eigenvalue weighted by Crippen LogP contribution is -2.48. The second-order valence-electron chi connectivity index (χ2n) is 5.13. The van der Waals surface area contributed by atoms with Gasteiger partial charge in [-0.25, -0.2) is 8.42 Å². The van der Waals surface area contributed by atoms with Crippen molar-refractivity contribution in [1.82, 2.24) is 5.32 Å². The standard InChI is InChI=1S/C11H20N2O2S2/c1-3-11(2)5-6-16-10(13-11)12-9-4-7-17(14,15)8-9/h9H,3-8H2,1-2H3,(H,12,13). The highest BCUT2D eigenvalue weighted by Crippen LogP contribution is 2.26. The molecular weight excluding hydrogens is 256 g/mol. The molecule has 0 aliphatic carbocycles. The number of hydrogen-bond donors (Lipinski definition) is 1. The Morgan fingerprint density at radius 2 is 2.35 bits per heavy atom. The first kappa shape index (κ1) is 13.2. The molecule has 2 aliphatic rings. The molecular formula is C11H20N2O2S2. The van der Waals surface area contributed by atoms with Gasteiger partial charge in [-0.15, -0.1) is 0 Å². The van der Waals surface area contributed by atoms with Crippen LogP contribution in [0.25, 0.3) is 0 Å². The lowest BCUT2D eigenvalue weighted by molar-refractivity contribution is 0.389. The Labute approximate surface area is 108 Å². The van der Waals surface area contributed by atoms with Crippen LogP contribution in [0.15, 0.2) is 4.99 Å². The van der Waals surface area contributed by atoms with Gasteiger partial charge in [0, 0.05) is 11.3 Å². The lowest BCUT2D eigenvalue weighted by Gasteiger charge is -2.35. The molecule has 1 N–H and O–H groups in total. The number of aliphatic imine (C=N–C) groups is 1. The average molecular weight is 276 g/mol. The van der Waals surface area contributed by atoms with Gasteiger partial charge in [-0.05, 0) is 26.2 Å². The predicted molar refractivity (Wildman–Crippen MR) is 73.4 cm³/mol. The zero-order valence-electron chi connectivity index (χ0n) is 10.4. The van der Waals surface area contributed by atoms with Crippen LogP contribution in [0, 0.1) is 0 Å². The van der Waals surface area contributed by atoms with E-state index in [-0.39, 0.29) is 17.3 Å². The van der Waals surface area contributed by atoms with Crippen molar-refractivity contribution in [2.24, 2.45) is 4.99 Å². The summed E-state index contributed by atoms with van der Waals surface area (Å²) in [6.07, 6.45) is 2.88. The second kappa shape index (κ2) is 4.80. The average Bonchev–Trinajstić information content (AvgIpc) is 2.58. The largest absolute Gasteiger partial charge is 0.360 e. The summed E-state index contributed by atoms with van der Waals surface area (Å²) in [5.74, 6) is 1.58. The summed E-state index contributed by atoms with van der Waals surface area (Å²) in [7, 11) is -2.82. The van der Waals surface area contributed by atoms with Gasteiger partial charge in [-0.1, -0.05) is 18.7 Å². The van der Waals surface area contributed by atoms with Gasteiger partial charge in [0.15, 0.2) is 15.0 Å². The highest BCUT2D eigenvalue weighted by Gasteiger charge is 2.31. The van der Waals surface area contributed by atoms with E-state index in [1.807, 2.05) is 0 Å². The van der Waals surface area contributed by atoms with Gasteiger partial charge in [-0.3, -0.25) is 4.99 Å². The molecule has 6 heteroatoms. The maximum atomic E-state index is 11.4. The minimum Gasteiger partial charge on any atom is -0.360 e. The lowest BCUT2D eigenvalue weighted by atomic mass is 9.96. The smallest absolute Gasteiger partial charge is 0.157 e. The zero-order chi connectivity index (χ0) is 12.5. The first-order valence-corrected chi connectivity index (χ1v) is 8.92. The van der Waals surface area contributed by atoms with Crippen LogP contribution < -0.4 is 5.32 Å². The Bertz CT molecular complexity index is 419. The third kappa shape index (κ3) is 3.37. The maximum absolute atomic E-state index is 11.4. The van der Waals surface area contributed by atoms with Crippen molar-refractivity contribution in [1.29, 1.82) is 0 Å². The van der Waals surface area contributed by atoms with Crippen LogP contribution in [0.3, 0.4) is 0 Å². The molecule has 2 atom stereocenters. The quantitative estimate of drug-likeness (QED) is 0.829. The van der Waals surface area contributed by atoms with Crippen LogP contribution in [0.5, 0.6) is 0 Å². The van der Waals surface area contributed by atoms with Crippen LogP contribution in [0.1, 0.15) is 33.1 Å². The van der Waals surface area contributed by atoms with Gasteiger partial charge in [0.25, 0.3) is 0 Å². The Morgan fingerprint density at radius 1 is 1.59 bits per heavy atom. The SMILES string of the molecule is CCC1(C)CCSC(=NC2CCS(=O)(=O)C2)N1. The maximum Gasteiger partial charge on any atom is 0.157 e. The zero-order valence-corrected chi connectivity index (χ0v) is 12.0. The van der Waals surface area contributed by atoms with Gasteiger partial charge in [-0.2, -0.15) is 0 Å². The molecule has 0 radical (unpaired) electrons. The number of thioether (sulfide) groups is 1. The van der Waals surface area contributed by atoms with E-state index in [1.54, 1.807) is 11.8 Å². The van der Waals surface area contributed by atoms with E-state index in [9.17, 15) is 8.42 Å². The van der Waals surface area contributed by atoms with Crippen molar-refractivity contribution in [2.75, 3.05) is 17.3 Å². The molecule has 2 heterocycles. The molecule has 98 valence electrons. The van der Waals surface area contributed by atoms with Gasteiger partial charge in [0.05, 0.1) is 17.5 Å². The van der Waals surface area contributed by atoms with Crippen molar-refractivity contribution in [3.8, 4) is 0 Å². The minimum atomic E-state index is -2.82. The van der Waals surface area contributed by atoms with E-state index in [0.29, 0.717) is 12.2 Å². The van der Waals surface area contributed by atoms with E-state index in [2.05, 4.69) is 24.2 Å².